The van der Waals surface area contributed by atoms with E-state index in [0.29, 0.717) is 6.54 Å². The first kappa shape index (κ1) is 9.95. The maximum absolute atomic E-state index is 11.2. The molecule has 0 spiro atoms. The fraction of sp³-hybridized carbons (Fsp3) is 1.00. The average Bonchev–Trinajstić information content (AvgIpc) is 2.62. The molecule has 72 valence electrons. The Bertz CT molecular complexity index is 263. The minimum Gasteiger partial charge on any atom is -0.329 e. The number of sulfone groups is 1. The van der Waals surface area contributed by atoms with Gasteiger partial charge in [0.2, 0.25) is 0 Å². The fourth-order valence-electron chi connectivity index (χ4n) is 1.30. The van der Waals surface area contributed by atoms with Crippen molar-refractivity contribution in [2.45, 2.75) is 18.9 Å². The maximum Gasteiger partial charge on any atom is 0.150 e. The van der Waals surface area contributed by atoms with Crippen LogP contribution >= 0.6 is 0 Å². The number of nitrogens with two attached hydrogens (primary N) is 2. The van der Waals surface area contributed by atoms with E-state index in [4.69, 9.17) is 11.5 Å². The van der Waals surface area contributed by atoms with Gasteiger partial charge < -0.3 is 11.5 Å². The van der Waals surface area contributed by atoms with Gasteiger partial charge in [-0.25, -0.2) is 8.42 Å². The summed E-state index contributed by atoms with van der Waals surface area (Å²) >= 11 is 0. The van der Waals surface area contributed by atoms with Gasteiger partial charge in [0.05, 0.1) is 5.75 Å². The van der Waals surface area contributed by atoms with Crippen molar-refractivity contribution in [3.8, 4) is 0 Å². The zero-order valence-electron chi connectivity index (χ0n) is 7.29. The Morgan fingerprint density at radius 1 is 1.58 bits per heavy atom. The molecule has 2 atom stereocenters. The molecule has 0 radical (unpaired) electrons. The van der Waals surface area contributed by atoms with Crippen LogP contribution < -0.4 is 11.5 Å². The third kappa shape index (κ3) is 1.97. The average molecular weight is 192 g/mol. The van der Waals surface area contributed by atoms with Gasteiger partial charge in [0.25, 0.3) is 0 Å². The predicted octanol–water partition coefficient (Wildman–Crippen LogP) is -0.903. The van der Waals surface area contributed by atoms with Gasteiger partial charge in [-0.3, -0.25) is 0 Å². The lowest BCUT2D eigenvalue weighted by Gasteiger charge is -2.06. The SMILES string of the molecule is CCS(=O)(=O)C[C@H]1C[C@]1(N)CN. The number of hydrogen-bond donors (Lipinski definition) is 2. The van der Waals surface area contributed by atoms with Crippen molar-refractivity contribution < 1.29 is 8.42 Å². The summed E-state index contributed by atoms with van der Waals surface area (Å²) in [5, 5.41) is 0. The highest BCUT2D eigenvalue weighted by atomic mass is 32.2. The van der Waals surface area contributed by atoms with E-state index >= 15 is 0 Å². The summed E-state index contributed by atoms with van der Waals surface area (Å²) in [6.45, 7) is 2.04. The van der Waals surface area contributed by atoms with Crippen LogP contribution in [0.1, 0.15) is 13.3 Å². The third-order valence-corrected chi connectivity index (χ3v) is 4.34. The molecular formula is C7H16N2O2S. The van der Waals surface area contributed by atoms with E-state index in [0.717, 1.165) is 6.42 Å². The van der Waals surface area contributed by atoms with Gasteiger partial charge >= 0.3 is 0 Å². The molecule has 0 aromatic carbocycles. The van der Waals surface area contributed by atoms with Crippen LogP contribution in [-0.2, 0) is 9.84 Å². The Morgan fingerprint density at radius 2 is 2.17 bits per heavy atom. The van der Waals surface area contributed by atoms with E-state index in [-0.39, 0.29) is 23.0 Å². The summed E-state index contributed by atoms with van der Waals surface area (Å²) in [5.41, 5.74) is 10.8. The Hall–Kier alpha value is -0.130. The molecule has 0 bridgehead atoms. The monoisotopic (exact) mass is 192 g/mol. The van der Waals surface area contributed by atoms with Gasteiger partial charge in [-0.1, -0.05) is 6.92 Å². The van der Waals surface area contributed by atoms with E-state index in [1.807, 2.05) is 0 Å². The van der Waals surface area contributed by atoms with Crippen LogP contribution in [0.25, 0.3) is 0 Å². The number of hydrogen-bond acceptors (Lipinski definition) is 4. The summed E-state index contributed by atoms with van der Waals surface area (Å²) < 4.78 is 22.3. The van der Waals surface area contributed by atoms with Gasteiger partial charge in [0, 0.05) is 17.8 Å². The summed E-state index contributed by atoms with van der Waals surface area (Å²) in [6.07, 6.45) is 0.753. The van der Waals surface area contributed by atoms with Gasteiger partial charge in [-0.05, 0) is 12.3 Å². The van der Waals surface area contributed by atoms with Crippen LogP contribution in [-0.4, -0.2) is 32.0 Å². The van der Waals surface area contributed by atoms with Crippen LogP contribution in [0.3, 0.4) is 0 Å². The molecule has 4 N–H and O–H groups in total. The molecule has 0 heterocycles. The summed E-state index contributed by atoms with van der Waals surface area (Å²) in [7, 11) is -2.87. The minimum atomic E-state index is -2.87. The van der Waals surface area contributed by atoms with Crippen molar-refractivity contribution in [3.63, 3.8) is 0 Å². The zero-order chi connectivity index (χ0) is 9.41. The van der Waals surface area contributed by atoms with Crippen molar-refractivity contribution in [2.75, 3.05) is 18.1 Å². The van der Waals surface area contributed by atoms with Crippen molar-refractivity contribution in [1.82, 2.24) is 0 Å². The van der Waals surface area contributed by atoms with E-state index in [1.165, 1.54) is 0 Å². The summed E-state index contributed by atoms with van der Waals surface area (Å²) in [5.74, 6) is 0.494. The highest BCUT2D eigenvalue weighted by Gasteiger charge is 2.51. The summed E-state index contributed by atoms with van der Waals surface area (Å²) in [4.78, 5) is 0. The molecule has 0 aromatic heterocycles. The lowest BCUT2D eigenvalue weighted by atomic mass is 10.2. The van der Waals surface area contributed by atoms with Gasteiger partial charge in [-0.15, -0.1) is 0 Å². The lowest BCUT2D eigenvalue weighted by molar-refractivity contribution is 0.580. The van der Waals surface area contributed by atoms with E-state index in [2.05, 4.69) is 0 Å². The van der Waals surface area contributed by atoms with Crippen LogP contribution in [0, 0.1) is 5.92 Å². The second kappa shape index (κ2) is 2.97. The standard InChI is InChI=1S/C7H16N2O2S/c1-2-12(10,11)4-6-3-7(6,9)5-8/h6H,2-5,8-9H2,1H3/t6-,7+/m1/s1. The van der Waals surface area contributed by atoms with Gasteiger partial charge in [0.15, 0.2) is 0 Å². The molecule has 1 saturated carbocycles. The molecule has 0 saturated heterocycles. The largest absolute Gasteiger partial charge is 0.329 e. The van der Waals surface area contributed by atoms with Crippen molar-refractivity contribution in [1.29, 1.82) is 0 Å². The quantitative estimate of drug-likeness (QED) is 0.604. The third-order valence-electron chi connectivity index (χ3n) is 2.55. The predicted molar refractivity (Wildman–Crippen MR) is 48.4 cm³/mol. The molecular weight excluding hydrogens is 176 g/mol. The first-order valence-corrected chi connectivity index (χ1v) is 5.95. The highest BCUT2D eigenvalue weighted by molar-refractivity contribution is 7.91. The second-order valence-electron chi connectivity index (χ2n) is 3.54. The fourth-order valence-corrected chi connectivity index (χ4v) is 2.60. The van der Waals surface area contributed by atoms with E-state index in [9.17, 15) is 8.42 Å². The van der Waals surface area contributed by atoms with Gasteiger partial charge in [-0.2, -0.15) is 0 Å². The molecule has 4 nitrogen and oxygen atoms in total. The summed E-state index contributed by atoms with van der Waals surface area (Å²) in [6, 6.07) is 0. The van der Waals surface area contributed by atoms with Crippen LogP contribution in [0.4, 0.5) is 0 Å². The molecule has 0 unspecified atom stereocenters. The Balaban J connectivity index is 2.48. The minimum absolute atomic E-state index is 0.0902. The molecule has 1 aliphatic carbocycles. The normalized spacial score (nSPS) is 35.1. The molecule has 12 heavy (non-hydrogen) atoms. The molecule has 0 aromatic rings. The molecule has 5 heteroatoms. The van der Waals surface area contributed by atoms with Crippen LogP contribution in [0.2, 0.25) is 0 Å². The Kier molecular flexibility index (Phi) is 2.47. The Labute approximate surface area is 73.2 Å². The van der Waals surface area contributed by atoms with Crippen LogP contribution in [0.15, 0.2) is 0 Å². The molecule has 1 fully saturated rings. The molecule has 1 rings (SSSR count). The van der Waals surface area contributed by atoms with Crippen molar-refractivity contribution in [3.05, 3.63) is 0 Å². The first-order chi connectivity index (χ1) is 5.43. The van der Waals surface area contributed by atoms with E-state index in [1.54, 1.807) is 6.92 Å². The van der Waals surface area contributed by atoms with Crippen molar-refractivity contribution >= 4 is 9.84 Å². The lowest BCUT2D eigenvalue weighted by Crippen LogP contribution is -2.36. The highest BCUT2D eigenvalue weighted by Crippen LogP contribution is 2.40. The smallest absolute Gasteiger partial charge is 0.150 e. The first-order valence-electron chi connectivity index (χ1n) is 4.13. The second-order valence-corrected chi connectivity index (χ2v) is 5.94. The van der Waals surface area contributed by atoms with Crippen LogP contribution in [0.5, 0.6) is 0 Å². The topological polar surface area (TPSA) is 86.2 Å². The molecule has 1 aliphatic rings. The van der Waals surface area contributed by atoms with Crippen molar-refractivity contribution in [2.24, 2.45) is 17.4 Å². The Morgan fingerprint density at radius 3 is 2.50 bits per heavy atom. The number of rotatable bonds is 4. The molecule has 0 aliphatic heterocycles. The maximum atomic E-state index is 11.2. The van der Waals surface area contributed by atoms with Gasteiger partial charge in [0.1, 0.15) is 9.84 Å². The zero-order valence-corrected chi connectivity index (χ0v) is 8.10. The molecule has 0 amide bonds. The van der Waals surface area contributed by atoms with E-state index < -0.39 is 9.84 Å².